The van der Waals surface area contributed by atoms with E-state index in [-0.39, 0.29) is 18.3 Å². The molecular weight excluding hydrogens is 281 g/mol. The highest BCUT2D eigenvalue weighted by atomic mass is 32.2. The Morgan fingerprint density at radius 2 is 1.84 bits per heavy atom. The molecule has 19 heavy (non-hydrogen) atoms. The molecule has 0 radical (unpaired) electrons. The Morgan fingerprint density at radius 3 is 2.21 bits per heavy atom. The zero-order chi connectivity index (χ0) is 14.5. The number of fused-ring (bicyclic) bond motifs is 2. The third kappa shape index (κ3) is 2.18. The fraction of sp³-hybridized carbons (Fsp3) is 1.00. The van der Waals surface area contributed by atoms with Gasteiger partial charge in [0.15, 0.2) is 5.67 Å². The Bertz CT molecular complexity index is 451. The largest absolute Gasteiger partial charge is 0.403 e. The van der Waals surface area contributed by atoms with Crippen LogP contribution in [0.5, 0.6) is 0 Å². The van der Waals surface area contributed by atoms with Gasteiger partial charge in [-0.2, -0.15) is 17.2 Å². The third-order valence-corrected chi connectivity index (χ3v) is 5.73. The van der Waals surface area contributed by atoms with E-state index in [1.807, 2.05) is 0 Å². The van der Waals surface area contributed by atoms with Gasteiger partial charge in [-0.15, -0.1) is 0 Å². The van der Waals surface area contributed by atoms with Gasteiger partial charge in [-0.25, -0.2) is 4.39 Å². The molecular formula is C12H19F3O3S. The van der Waals surface area contributed by atoms with E-state index in [1.165, 1.54) is 6.92 Å². The predicted octanol–water partition coefficient (Wildman–Crippen LogP) is 3.41. The summed E-state index contributed by atoms with van der Waals surface area (Å²) in [6.45, 7) is 1.53. The maximum Gasteiger partial charge on any atom is 0.403 e. The minimum atomic E-state index is -5.74. The SMILES string of the molecule is CCCC(F)(C1CC2CCC1C2)C(F)(F)S(=O)(=O)O. The van der Waals surface area contributed by atoms with Gasteiger partial charge in [0.05, 0.1) is 0 Å². The summed E-state index contributed by atoms with van der Waals surface area (Å²) >= 11 is 0. The van der Waals surface area contributed by atoms with E-state index in [0.29, 0.717) is 19.3 Å². The Hall–Kier alpha value is -0.300. The van der Waals surface area contributed by atoms with Crippen LogP contribution in [-0.2, 0) is 10.1 Å². The topological polar surface area (TPSA) is 54.4 Å². The number of halogens is 3. The Labute approximate surface area is 111 Å². The lowest BCUT2D eigenvalue weighted by molar-refractivity contribution is -0.127. The molecule has 2 rings (SSSR count). The van der Waals surface area contributed by atoms with Gasteiger partial charge < -0.3 is 0 Å². The van der Waals surface area contributed by atoms with E-state index in [2.05, 4.69) is 0 Å². The minimum absolute atomic E-state index is 0.107. The van der Waals surface area contributed by atoms with Crippen molar-refractivity contribution in [2.75, 3.05) is 0 Å². The van der Waals surface area contributed by atoms with Crippen LogP contribution in [0.25, 0.3) is 0 Å². The maximum atomic E-state index is 14.9. The molecule has 0 saturated heterocycles. The molecule has 2 aliphatic rings. The minimum Gasteiger partial charge on any atom is -0.281 e. The second kappa shape index (κ2) is 4.62. The van der Waals surface area contributed by atoms with E-state index in [9.17, 15) is 21.6 Å². The van der Waals surface area contributed by atoms with Crippen molar-refractivity contribution in [3.05, 3.63) is 0 Å². The van der Waals surface area contributed by atoms with Crippen LogP contribution in [0.4, 0.5) is 13.2 Å². The molecule has 0 aromatic carbocycles. The van der Waals surface area contributed by atoms with Crippen LogP contribution < -0.4 is 0 Å². The number of hydrogen-bond acceptors (Lipinski definition) is 2. The lowest BCUT2D eigenvalue weighted by Gasteiger charge is -2.39. The fourth-order valence-electron chi connectivity index (χ4n) is 3.93. The van der Waals surface area contributed by atoms with Gasteiger partial charge in [-0.1, -0.05) is 19.8 Å². The molecule has 0 spiro atoms. The van der Waals surface area contributed by atoms with Crippen LogP contribution in [0, 0.1) is 17.8 Å². The van der Waals surface area contributed by atoms with Crippen molar-refractivity contribution in [2.45, 2.75) is 56.4 Å². The first kappa shape index (κ1) is 15.1. The Balaban J connectivity index is 2.38. The Morgan fingerprint density at radius 1 is 1.21 bits per heavy atom. The van der Waals surface area contributed by atoms with E-state index in [1.54, 1.807) is 0 Å². The highest BCUT2D eigenvalue weighted by Gasteiger charge is 2.69. The molecule has 2 saturated carbocycles. The lowest BCUT2D eigenvalue weighted by Crippen LogP contribution is -2.55. The lowest BCUT2D eigenvalue weighted by atomic mass is 9.75. The van der Waals surface area contributed by atoms with Gasteiger partial charge in [0.2, 0.25) is 0 Å². The van der Waals surface area contributed by atoms with E-state index < -0.39 is 33.4 Å². The monoisotopic (exact) mass is 300 g/mol. The van der Waals surface area contributed by atoms with Crippen molar-refractivity contribution in [3.8, 4) is 0 Å². The highest BCUT2D eigenvalue weighted by Crippen LogP contribution is 2.58. The molecule has 7 heteroatoms. The van der Waals surface area contributed by atoms with E-state index in [0.717, 1.165) is 6.42 Å². The van der Waals surface area contributed by atoms with Crippen molar-refractivity contribution < 1.29 is 26.1 Å². The number of rotatable bonds is 5. The normalized spacial score (nSPS) is 34.5. The summed E-state index contributed by atoms with van der Waals surface area (Å²) in [6, 6.07) is 0. The first-order valence-corrected chi connectivity index (χ1v) is 8.11. The maximum absolute atomic E-state index is 14.9. The fourth-order valence-corrected chi connectivity index (χ4v) is 4.61. The van der Waals surface area contributed by atoms with Gasteiger partial charge >= 0.3 is 15.4 Å². The molecule has 0 aromatic rings. The van der Waals surface area contributed by atoms with Crippen LogP contribution in [-0.4, -0.2) is 23.9 Å². The van der Waals surface area contributed by atoms with Crippen LogP contribution in [0.1, 0.15) is 45.4 Å². The summed E-state index contributed by atoms with van der Waals surface area (Å²) in [6.07, 6.45) is 2.13. The summed E-state index contributed by atoms with van der Waals surface area (Å²) < 4.78 is 73.3. The average Bonchev–Trinajstić information content (AvgIpc) is 2.89. The number of alkyl halides is 3. The zero-order valence-corrected chi connectivity index (χ0v) is 11.6. The van der Waals surface area contributed by atoms with Gasteiger partial charge in [0, 0.05) is 5.92 Å². The second-order valence-electron chi connectivity index (χ2n) is 5.89. The zero-order valence-electron chi connectivity index (χ0n) is 10.8. The smallest absolute Gasteiger partial charge is 0.281 e. The molecule has 2 aliphatic carbocycles. The van der Waals surface area contributed by atoms with Crippen molar-refractivity contribution in [1.82, 2.24) is 0 Å². The van der Waals surface area contributed by atoms with Crippen LogP contribution in [0.3, 0.4) is 0 Å². The van der Waals surface area contributed by atoms with Crippen LogP contribution >= 0.6 is 0 Å². The van der Waals surface area contributed by atoms with Gasteiger partial charge in [0.1, 0.15) is 0 Å². The molecule has 0 amide bonds. The number of hydrogen-bond donors (Lipinski definition) is 1. The molecule has 1 N–H and O–H groups in total. The van der Waals surface area contributed by atoms with Crippen molar-refractivity contribution in [3.63, 3.8) is 0 Å². The molecule has 0 aromatic heterocycles. The summed E-state index contributed by atoms with van der Waals surface area (Å²) in [5, 5.41) is -4.73. The standard InChI is InChI=1S/C12H19F3O3S/c1-2-5-11(13,12(14,15)19(16,17)18)10-7-8-3-4-9(10)6-8/h8-10H,2-7H2,1H3,(H,16,17,18). The van der Waals surface area contributed by atoms with Crippen LogP contribution in [0.15, 0.2) is 0 Å². The Kier molecular flexibility index (Phi) is 3.67. The average molecular weight is 300 g/mol. The van der Waals surface area contributed by atoms with Crippen molar-refractivity contribution in [1.29, 1.82) is 0 Å². The van der Waals surface area contributed by atoms with Crippen LogP contribution in [0.2, 0.25) is 0 Å². The summed E-state index contributed by atoms with van der Waals surface area (Å²) in [5.41, 5.74) is -3.16. The van der Waals surface area contributed by atoms with Gasteiger partial charge in [-0.05, 0) is 37.5 Å². The molecule has 0 heterocycles. The molecule has 2 fully saturated rings. The van der Waals surface area contributed by atoms with Crippen molar-refractivity contribution >= 4 is 10.1 Å². The molecule has 3 nitrogen and oxygen atoms in total. The second-order valence-corrected chi connectivity index (χ2v) is 7.35. The summed E-state index contributed by atoms with van der Waals surface area (Å²) in [7, 11) is -5.74. The molecule has 4 unspecified atom stereocenters. The van der Waals surface area contributed by atoms with Gasteiger partial charge in [0.25, 0.3) is 0 Å². The predicted molar refractivity (Wildman–Crippen MR) is 64.2 cm³/mol. The van der Waals surface area contributed by atoms with Gasteiger partial charge in [-0.3, -0.25) is 4.55 Å². The molecule has 112 valence electrons. The van der Waals surface area contributed by atoms with Crippen molar-refractivity contribution in [2.24, 2.45) is 17.8 Å². The third-order valence-electron chi connectivity index (χ3n) is 4.75. The van der Waals surface area contributed by atoms with E-state index >= 15 is 0 Å². The first-order chi connectivity index (χ1) is 8.63. The molecule has 2 bridgehead atoms. The van der Waals surface area contributed by atoms with E-state index in [4.69, 9.17) is 4.55 Å². The molecule has 0 aliphatic heterocycles. The summed E-state index contributed by atoms with van der Waals surface area (Å²) in [4.78, 5) is 0. The summed E-state index contributed by atoms with van der Waals surface area (Å²) in [5.74, 6) is -0.934. The highest BCUT2D eigenvalue weighted by molar-refractivity contribution is 7.87. The molecule has 4 atom stereocenters. The quantitative estimate of drug-likeness (QED) is 0.792. The first-order valence-electron chi connectivity index (χ1n) is 6.67.